The Morgan fingerprint density at radius 1 is 1.23 bits per heavy atom. The number of aliphatic hydroxyl groups excluding tert-OH is 1. The number of hydrogen-bond acceptors (Lipinski definition) is 4. The van der Waals surface area contributed by atoms with Crippen LogP contribution in [0.4, 0.5) is 8.78 Å². The lowest BCUT2D eigenvalue weighted by molar-refractivity contribution is 0.187. The van der Waals surface area contributed by atoms with Crippen LogP contribution < -0.4 is 0 Å². The van der Waals surface area contributed by atoms with E-state index >= 15 is 0 Å². The van der Waals surface area contributed by atoms with E-state index in [1.165, 1.54) is 12.3 Å². The second-order valence-corrected chi connectivity index (χ2v) is 5.13. The van der Waals surface area contributed by atoms with Crippen LogP contribution in [0.3, 0.4) is 0 Å². The van der Waals surface area contributed by atoms with Gasteiger partial charge >= 0.3 is 0 Å². The fourth-order valence-electron chi connectivity index (χ4n) is 2.16. The molecule has 2 rings (SSSR count). The van der Waals surface area contributed by atoms with E-state index in [-0.39, 0.29) is 12.5 Å². The first-order chi connectivity index (χ1) is 10.6. The van der Waals surface area contributed by atoms with Gasteiger partial charge in [-0.25, -0.2) is 13.8 Å². The average Bonchev–Trinajstić information content (AvgIpc) is 2.96. The SMILES string of the molecule is CCCCN(CCO)Cc1coc(-c2ccc(F)c(F)c2)n1. The Hall–Kier alpha value is -1.79. The zero-order chi connectivity index (χ0) is 15.9. The van der Waals surface area contributed by atoms with E-state index in [0.29, 0.717) is 24.3 Å². The maximum Gasteiger partial charge on any atom is 0.226 e. The summed E-state index contributed by atoms with van der Waals surface area (Å²) in [6.45, 7) is 4.16. The van der Waals surface area contributed by atoms with Crippen molar-refractivity contribution < 1.29 is 18.3 Å². The molecule has 1 N–H and O–H groups in total. The molecule has 0 aliphatic heterocycles. The van der Waals surface area contributed by atoms with Gasteiger partial charge in [0.2, 0.25) is 5.89 Å². The van der Waals surface area contributed by atoms with E-state index in [0.717, 1.165) is 31.5 Å². The molecule has 6 heteroatoms. The molecule has 120 valence electrons. The quantitative estimate of drug-likeness (QED) is 0.813. The predicted molar refractivity (Wildman–Crippen MR) is 79.1 cm³/mol. The molecule has 0 atom stereocenters. The molecular weight excluding hydrogens is 290 g/mol. The summed E-state index contributed by atoms with van der Waals surface area (Å²) in [5.41, 5.74) is 1.09. The maximum absolute atomic E-state index is 13.2. The molecule has 1 aromatic carbocycles. The van der Waals surface area contributed by atoms with Crippen LogP contribution in [0.5, 0.6) is 0 Å². The minimum atomic E-state index is -0.929. The van der Waals surface area contributed by atoms with Gasteiger partial charge in [-0.2, -0.15) is 0 Å². The van der Waals surface area contributed by atoms with Crippen molar-refractivity contribution in [2.75, 3.05) is 19.7 Å². The number of aromatic nitrogens is 1. The molecular formula is C16H20F2N2O2. The molecule has 1 heterocycles. The topological polar surface area (TPSA) is 49.5 Å². The number of halogens is 2. The fourth-order valence-corrected chi connectivity index (χ4v) is 2.16. The Labute approximate surface area is 128 Å². The van der Waals surface area contributed by atoms with Gasteiger partial charge < -0.3 is 9.52 Å². The van der Waals surface area contributed by atoms with Crippen molar-refractivity contribution in [3.63, 3.8) is 0 Å². The van der Waals surface area contributed by atoms with E-state index in [1.54, 1.807) is 0 Å². The largest absolute Gasteiger partial charge is 0.444 e. The molecule has 2 aromatic rings. The normalized spacial score (nSPS) is 11.3. The predicted octanol–water partition coefficient (Wildman–Crippen LogP) is 3.21. The minimum Gasteiger partial charge on any atom is -0.444 e. The van der Waals surface area contributed by atoms with Crippen molar-refractivity contribution >= 4 is 0 Å². The molecule has 22 heavy (non-hydrogen) atoms. The average molecular weight is 310 g/mol. The van der Waals surface area contributed by atoms with Crippen LogP contribution in [0.1, 0.15) is 25.5 Å². The Morgan fingerprint density at radius 3 is 2.73 bits per heavy atom. The van der Waals surface area contributed by atoms with Crippen LogP contribution in [0.25, 0.3) is 11.5 Å². The minimum absolute atomic E-state index is 0.0809. The highest BCUT2D eigenvalue weighted by Gasteiger charge is 2.12. The second-order valence-electron chi connectivity index (χ2n) is 5.13. The summed E-state index contributed by atoms with van der Waals surface area (Å²) in [5, 5.41) is 9.09. The van der Waals surface area contributed by atoms with E-state index in [2.05, 4.69) is 16.8 Å². The molecule has 0 unspecified atom stereocenters. The van der Waals surface area contributed by atoms with Gasteiger partial charge in [0.15, 0.2) is 11.6 Å². The second kappa shape index (κ2) is 8.00. The fraction of sp³-hybridized carbons (Fsp3) is 0.438. The number of aliphatic hydroxyl groups is 1. The van der Waals surface area contributed by atoms with Crippen LogP contribution in [0, 0.1) is 11.6 Å². The van der Waals surface area contributed by atoms with Gasteiger partial charge in [0, 0.05) is 18.7 Å². The summed E-state index contributed by atoms with van der Waals surface area (Å²) in [4.78, 5) is 6.38. The highest BCUT2D eigenvalue weighted by molar-refractivity contribution is 5.53. The number of hydrogen-bond donors (Lipinski definition) is 1. The summed E-state index contributed by atoms with van der Waals surface area (Å²) in [5.74, 6) is -1.57. The lowest BCUT2D eigenvalue weighted by atomic mass is 10.2. The van der Waals surface area contributed by atoms with Gasteiger partial charge in [0.1, 0.15) is 6.26 Å². The van der Waals surface area contributed by atoms with Crippen LogP contribution in [0.2, 0.25) is 0 Å². The van der Waals surface area contributed by atoms with E-state index in [9.17, 15) is 8.78 Å². The van der Waals surface area contributed by atoms with Crippen molar-refractivity contribution in [1.29, 1.82) is 0 Å². The smallest absolute Gasteiger partial charge is 0.226 e. The van der Waals surface area contributed by atoms with Crippen LogP contribution in [-0.4, -0.2) is 34.7 Å². The Morgan fingerprint density at radius 2 is 2.05 bits per heavy atom. The first-order valence-corrected chi connectivity index (χ1v) is 7.37. The Bertz CT molecular complexity index is 602. The van der Waals surface area contributed by atoms with Crippen LogP contribution in [-0.2, 0) is 6.54 Å². The zero-order valence-corrected chi connectivity index (χ0v) is 12.6. The third-order valence-corrected chi connectivity index (χ3v) is 3.35. The Balaban J connectivity index is 2.07. The Kier molecular flexibility index (Phi) is 6.03. The number of unbranched alkanes of at least 4 members (excludes halogenated alkanes) is 1. The highest BCUT2D eigenvalue weighted by Crippen LogP contribution is 2.21. The molecule has 0 saturated carbocycles. The molecule has 0 spiro atoms. The zero-order valence-electron chi connectivity index (χ0n) is 12.6. The first kappa shape index (κ1) is 16.6. The van der Waals surface area contributed by atoms with Crippen LogP contribution in [0.15, 0.2) is 28.9 Å². The van der Waals surface area contributed by atoms with E-state index in [1.807, 2.05) is 0 Å². The number of nitrogens with zero attached hydrogens (tertiary/aromatic N) is 2. The van der Waals surface area contributed by atoms with Gasteiger partial charge in [-0.05, 0) is 31.2 Å². The number of rotatable bonds is 8. The summed E-state index contributed by atoms with van der Waals surface area (Å²) in [7, 11) is 0. The maximum atomic E-state index is 13.2. The van der Waals surface area contributed by atoms with Gasteiger partial charge in [-0.3, -0.25) is 4.90 Å². The van der Waals surface area contributed by atoms with Gasteiger partial charge in [0.25, 0.3) is 0 Å². The molecule has 0 saturated heterocycles. The van der Waals surface area contributed by atoms with Crippen LogP contribution >= 0.6 is 0 Å². The van der Waals surface area contributed by atoms with Crippen molar-refractivity contribution in [2.24, 2.45) is 0 Å². The van der Waals surface area contributed by atoms with Gasteiger partial charge in [-0.1, -0.05) is 13.3 Å². The molecule has 1 aromatic heterocycles. The van der Waals surface area contributed by atoms with Crippen molar-refractivity contribution in [3.05, 3.63) is 41.8 Å². The number of benzene rings is 1. The van der Waals surface area contributed by atoms with Crippen molar-refractivity contribution in [2.45, 2.75) is 26.3 Å². The third kappa shape index (κ3) is 4.35. The molecule has 0 bridgehead atoms. The van der Waals surface area contributed by atoms with Crippen molar-refractivity contribution in [3.8, 4) is 11.5 Å². The molecule has 0 amide bonds. The molecule has 0 fully saturated rings. The van der Waals surface area contributed by atoms with E-state index in [4.69, 9.17) is 9.52 Å². The molecule has 0 aliphatic carbocycles. The summed E-state index contributed by atoms with van der Waals surface area (Å²) < 4.78 is 31.5. The van der Waals surface area contributed by atoms with Gasteiger partial charge in [0.05, 0.1) is 12.3 Å². The summed E-state index contributed by atoms with van der Waals surface area (Å²) >= 11 is 0. The first-order valence-electron chi connectivity index (χ1n) is 7.37. The summed E-state index contributed by atoms with van der Waals surface area (Å²) in [6.07, 6.45) is 3.61. The lowest BCUT2D eigenvalue weighted by Gasteiger charge is -2.19. The van der Waals surface area contributed by atoms with Crippen molar-refractivity contribution in [1.82, 2.24) is 9.88 Å². The molecule has 0 radical (unpaired) electrons. The lowest BCUT2D eigenvalue weighted by Crippen LogP contribution is -2.27. The monoisotopic (exact) mass is 310 g/mol. The summed E-state index contributed by atoms with van der Waals surface area (Å²) in [6, 6.07) is 3.54. The molecule has 0 aliphatic rings. The highest BCUT2D eigenvalue weighted by atomic mass is 19.2. The standard InChI is InChI=1S/C16H20F2N2O2/c1-2-3-6-20(7-8-21)10-13-11-22-16(19-13)12-4-5-14(17)15(18)9-12/h4-5,9,11,21H,2-3,6-8,10H2,1H3. The molecule has 4 nitrogen and oxygen atoms in total. The number of oxazole rings is 1. The van der Waals surface area contributed by atoms with Gasteiger partial charge in [-0.15, -0.1) is 0 Å². The third-order valence-electron chi connectivity index (χ3n) is 3.35. The van der Waals surface area contributed by atoms with E-state index < -0.39 is 11.6 Å².